The van der Waals surface area contributed by atoms with Gasteiger partial charge in [0, 0.05) is 37.7 Å². The molecule has 1 atom stereocenters. The van der Waals surface area contributed by atoms with Crippen LogP contribution in [0.25, 0.3) is 0 Å². The summed E-state index contributed by atoms with van der Waals surface area (Å²) in [6.07, 6.45) is 1.16. The largest absolute Gasteiger partial charge is 0.384 e. The Kier molecular flexibility index (Phi) is 4.24. The molecule has 2 rings (SSSR count). The van der Waals surface area contributed by atoms with Crippen LogP contribution in [0.4, 0.5) is 11.6 Å². The molecule has 0 aromatic carbocycles. The fourth-order valence-corrected chi connectivity index (χ4v) is 2.49. The topological polar surface area (TPSA) is 58.3 Å². The van der Waals surface area contributed by atoms with Crippen LogP contribution >= 0.6 is 0 Å². The predicted octanol–water partition coefficient (Wildman–Crippen LogP) is 1.71. The van der Waals surface area contributed by atoms with Gasteiger partial charge in [-0.25, -0.2) is 9.97 Å². The van der Waals surface area contributed by atoms with Gasteiger partial charge in [0.15, 0.2) is 0 Å². The lowest BCUT2D eigenvalue weighted by Gasteiger charge is -2.39. The molecule has 0 bridgehead atoms. The van der Waals surface area contributed by atoms with Gasteiger partial charge in [-0.3, -0.25) is 4.90 Å². The molecule has 1 unspecified atom stereocenters. The van der Waals surface area contributed by atoms with E-state index in [9.17, 15) is 0 Å². The summed E-state index contributed by atoms with van der Waals surface area (Å²) in [5.74, 6) is 2.68. The van der Waals surface area contributed by atoms with Crippen molar-refractivity contribution in [3.05, 3.63) is 11.9 Å². The van der Waals surface area contributed by atoms with Crippen molar-refractivity contribution in [1.29, 1.82) is 0 Å². The fraction of sp³-hybridized carbons (Fsp3) is 0.714. The first-order valence-corrected chi connectivity index (χ1v) is 7.11. The maximum Gasteiger partial charge on any atom is 0.135 e. The lowest BCUT2D eigenvalue weighted by atomic mass is 10.1. The van der Waals surface area contributed by atoms with Crippen molar-refractivity contribution in [3.63, 3.8) is 0 Å². The minimum atomic E-state index is 0.302. The number of hydrogen-bond acceptors (Lipinski definition) is 5. The van der Waals surface area contributed by atoms with Crippen molar-refractivity contribution in [3.8, 4) is 0 Å². The molecule has 1 aromatic rings. The van der Waals surface area contributed by atoms with Gasteiger partial charge in [0.25, 0.3) is 0 Å². The van der Waals surface area contributed by atoms with E-state index in [0.717, 1.165) is 37.7 Å². The van der Waals surface area contributed by atoms with Gasteiger partial charge in [-0.15, -0.1) is 0 Å². The molecule has 1 aromatic heterocycles. The third kappa shape index (κ3) is 3.15. The minimum absolute atomic E-state index is 0.302. The third-order valence-electron chi connectivity index (χ3n) is 3.84. The summed E-state index contributed by atoms with van der Waals surface area (Å²) in [7, 11) is 2.19. The molecule has 2 heterocycles. The highest BCUT2D eigenvalue weighted by Crippen LogP contribution is 2.21. The Balaban J connectivity index is 2.22. The van der Waals surface area contributed by atoms with E-state index in [-0.39, 0.29) is 0 Å². The molecule has 1 fully saturated rings. The van der Waals surface area contributed by atoms with Crippen LogP contribution in [0.1, 0.15) is 38.9 Å². The lowest BCUT2D eigenvalue weighted by molar-refractivity contribution is 0.213. The van der Waals surface area contributed by atoms with Crippen LogP contribution in [-0.2, 0) is 0 Å². The van der Waals surface area contributed by atoms with Gasteiger partial charge in [0.05, 0.1) is 0 Å². The quantitative estimate of drug-likeness (QED) is 0.899. The normalized spacial score (nSPS) is 21.1. The lowest BCUT2D eigenvalue weighted by Crippen LogP contribution is -2.51. The van der Waals surface area contributed by atoms with Crippen molar-refractivity contribution in [2.24, 2.45) is 0 Å². The molecular formula is C14H25N5. The number of nitrogens with two attached hydrogens (primary N) is 1. The molecule has 1 aliphatic rings. The van der Waals surface area contributed by atoms with E-state index in [1.165, 1.54) is 0 Å². The van der Waals surface area contributed by atoms with Gasteiger partial charge < -0.3 is 10.6 Å². The van der Waals surface area contributed by atoms with Gasteiger partial charge in [0.1, 0.15) is 17.5 Å². The molecule has 19 heavy (non-hydrogen) atoms. The fourth-order valence-electron chi connectivity index (χ4n) is 2.49. The van der Waals surface area contributed by atoms with Gasteiger partial charge in [0.2, 0.25) is 0 Å². The molecule has 1 saturated heterocycles. The molecule has 106 valence electrons. The van der Waals surface area contributed by atoms with Crippen LogP contribution in [0.5, 0.6) is 0 Å². The molecule has 0 amide bonds. The van der Waals surface area contributed by atoms with Crippen LogP contribution in [0.15, 0.2) is 6.07 Å². The zero-order valence-electron chi connectivity index (χ0n) is 12.4. The van der Waals surface area contributed by atoms with E-state index < -0.39 is 0 Å². The van der Waals surface area contributed by atoms with E-state index >= 15 is 0 Å². The van der Waals surface area contributed by atoms with Crippen LogP contribution in [0.2, 0.25) is 0 Å². The Morgan fingerprint density at radius 3 is 2.74 bits per heavy atom. The van der Waals surface area contributed by atoms with E-state index in [1.54, 1.807) is 0 Å². The highest BCUT2D eigenvalue weighted by molar-refractivity contribution is 5.47. The van der Waals surface area contributed by atoms with Crippen LogP contribution in [0.3, 0.4) is 0 Å². The SMILES string of the molecule is CCC1CN(c2cc(N)nc(C(C)C)n2)CCN1C. The number of aromatic nitrogens is 2. The molecule has 5 nitrogen and oxygen atoms in total. The van der Waals surface area contributed by atoms with Crippen molar-refractivity contribution in [1.82, 2.24) is 14.9 Å². The Bertz CT molecular complexity index is 432. The molecular weight excluding hydrogens is 238 g/mol. The van der Waals surface area contributed by atoms with Crippen LogP contribution in [0, 0.1) is 0 Å². The van der Waals surface area contributed by atoms with E-state index in [0.29, 0.717) is 17.8 Å². The first-order chi connectivity index (χ1) is 9.01. The maximum absolute atomic E-state index is 5.91. The number of nitrogens with zero attached hydrogens (tertiary/aromatic N) is 4. The molecule has 1 aliphatic heterocycles. The second-order valence-corrected chi connectivity index (χ2v) is 5.65. The Morgan fingerprint density at radius 2 is 2.11 bits per heavy atom. The number of nitrogen functional groups attached to an aromatic ring is 1. The van der Waals surface area contributed by atoms with E-state index in [4.69, 9.17) is 5.73 Å². The Hall–Kier alpha value is -1.36. The van der Waals surface area contributed by atoms with Crippen LogP contribution in [-0.4, -0.2) is 47.6 Å². The summed E-state index contributed by atoms with van der Waals surface area (Å²) in [6, 6.07) is 2.48. The van der Waals surface area contributed by atoms with Crippen molar-refractivity contribution < 1.29 is 0 Å². The summed E-state index contributed by atoms with van der Waals surface area (Å²) in [5, 5.41) is 0. The molecule has 0 spiro atoms. The molecule has 2 N–H and O–H groups in total. The maximum atomic E-state index is 5.91. The van der Waals surface area contributed by atoms with E-state index in [1.807, 2.05) is 6.07 Å². The summed E-state index contributed by atoms with van der Waals surface area (Å²) in [6.45, 7) is 9.51. The minimum Gasteiger partial charge on any atom is -0.384 e. The standard InChI is InChI=1S/C14H25N5/c1-5-11-9-19(7-6-18(11)4)13-8-12(15)16-14(17-13)10(2)3/h8,10-11H,5-7,9H2,1-4H3,(H2,15,16,17). The monoisotopic (exact) mass is 263 g/mol. The zero-order valence-corrected chi connectivity index (χ0v) is 12.4. The smallest absolute Gasteiger partial charge is 0.135 e. The number of likely N-dealkylation sites (N-methyl/N-ethyl adjacent to an activating group) is 1. The van der Waals surface area contributed by atoms with Crippen molar-refractivity contribution in [2.75, 3.05) is 37.3 Å². The van der Waals surface area contributed by atoms with Crippen molar-refractivity contribution in [2.45, 2.75) is 39.2 Å². The Morgan fingerprint density at radius 1 is 1.37 bits per heavy atom. The number of hydrogen-bond donors (Lipinski definition) is 1. The summed E-state index contributed by atoms with van der Waals surface area (Å²) in [4.78, 5) is 13.7. The van der Waals surface area contributed by atoms with Gasteiger partial charge >= 0.3 is 0 Å². The summed E-state index contributed by atoms with van der Waals surface area (Å²) < 4.78 is 0. The highest BCUT2D eigenvalue weighted by Gasteiger charge is 2.24. The van der Waals surface area contributed by atoms with E-state index in [2.05, 4.69) is 47.6 Å². The number of piperazine rings is 1. The molecule has 0 saturated carbocycles. The number of rotatable bonds is 3. The molecule has 0 aliphatic carbocycles. The summed E-state index contributed by atoms with van der Waals surface area (Å²) >= 11 is 0. The third-order valence-corrected chi connectivity index (χ3v) is 3.84. The first kappa shape index (κ1) is 14.1. The van der Waals surface area contributed by atoms with Gasteiger partial charge in [-0.05, 0) is 13.5 Å². The average Bonchev–Trinajstić information content (AvgIpc) is 2.38. The van der Waals surface area contributed by atoms with Crippen LogP contribution < -0.4 is 10.6 Å². The number of anilines is 2. The van der Waals surface area contributed by atoms with Crippen molar-refractivity contribution >= 4 is 11.6 Å². The highest BCUT2D eigenvalue weighted by atomic mass is 15.3. The van der Waals surface area contributed by atoms with Gasteiger partial charge in [-0.1, -0.05) is 20.8 Å². The summed E-state index contributed by atoms with van der Waals surface area (Å²) in [5.41, 5.74) is 5.91. The average molecular weight is 263 g/mol. The van der Waals surface area contributed by atoms with Gasteiger partial charge in [-0.2, -0.15) is 0 Å². The molecule has 5 heteroatoms. The second kappa shape index (κ2) is 5.74. The zero-order chi connectivity index (χ0) is 14.0. The second-order valence-electron chi connectivity index (χ2n) is 5.65. The predicted molar refractivity (Wildman–Crippen MR) is 79.5 cm³/mol. The Labute approximate surface area is 115 Å². The first-order valence-electron chi connectivity index (χ1n) is 7.11. The molecule has 0 radical (unpaired) electrons.